The molecule has 0 aromatic carbocycles. The maximum absolute atomic E-state index is 2.62. The maximum Gasteiger partial charge on any atom is -0.0383 e. The zero-order valence-electron chi connectivity index (χ0n) is 19.4. The molecule has 3 aliphatic carbocycles. The molecule has 0 radical (unpaired) electrons. The summed E-state index contributed by atoms with van der Waals surface area (Å²) in [6, 6.07) is 0. The second-order valence-corrected chi connectivity index (χ2v) is 11.3. The van der Waals surface area contributed by atoms with E-state index in [1.807, 2.05) is 0 Å². The molecule has 0 heteroatoms. The third kappa shape index (κ3) is 5.33. The first kappa shape index (κ1) is 21.7. The second kappa shape index (κ2) is 10.2. The van der Waals surface area contributed by atoms with E-state index < -0.39 is 0 Å². The highest BCUT2D eigenvalue weighted by Gasteiger charge is 2.37. The van der Waals surface area contributed by atoms with E-state index >= 15 is 0 Å². The Morgan fingerprint density at radius 1 is 0.630 bits per heavy atom. The standard InChI is InChI=1S/C27H50/c1-6-19(3)20(4)23-10-14-25(15-11-23)26-16-12-24(13-17-26)21(5)27-9-8-22(7-2)18-27/h19-27H,6-18H2,1-5H3. The molecule has 3 saturated carbocycles. The molecule has 0 heterocycles. The van der Waals surface area contributed by atoms with E-state index in [4.69, 9.17) is 0 Å². The molecule has 0 saturated heterocycles. The fourth-order valence-electron chi connectivity index (χ4n) is 7.47. The Morgan fingerprint density at radius 3 is 1.63 bits per heavy atom. The minimum atomic E-state index is 0.923. The van der Waals surface area contributed by atoms with Gasteiger partial charge in [0.2, 0.25) is 0 Å². The first-order valence-electron chi connectivity index (χ1n) is 13.0. The highest BCUT2D eigenvalue weighted by atomic mass is 14.4. The molecule has 27 heavy (non-hydrogen) atoms. The van der Waals surface area contributed by atoms with Crippen LogP contribution in [0.2, 0.25) is 0 Å². The average Bonchev–Trinajstić information content (AvgIpc) is 3.21. The molecule has 5 unspecified atom stereocenters. The molecule has 0 aliphatic heterocycles. The highest BCUT2D eigenvalue weighted by Crippen LogP contribution is 2.48. The van der Waals surface area contributed by atoms with Gasteiger partial charge in [0, 0.05) is 0 Å². The Balaban J connectivity index is 1.40. The van der Waals surface area contributed by atoms with Gasteiger partial charge in [-0.2, -0.15) is 0 Å². The van der Waals surface area contributed by atoms with Crippen LogP contribution in [-0.2, 0) is 0 Å². The summed E-state index contributed by atoms with van der Waals surface area (Å²) in [5, 5.41) is 0. The van der Waals surface area contributed by atoms with E-state index in [2.05, 4.69) is 34.6 Å². The number of hydrogen-bond donors (Lipinski definition) is 0. The molecule has 158 valence electrons. The monoisotopic (exact) mass is 374 g/mol. The third-order valence-electron chi connectivity index (χ3n) is 10.2. The fourth-order valence-corrected chi connectivity index (χ4v) is 7.47. The van der Waals surface area contributed by atoms with Crippen molar-refractivity contribution in [1.29, 1.82) is 0 Å². The molecule has 0 amide bonds. The Kier molecular flexibility index (Phi) is 8.16. The first-order chi connectivity index (χ1) is 13.0. The minimum Gasteiger partial charge on any atom is -0.0651 e. The van der Waals surface area contributed by atoms with Crippen LogP contribution in [0.4, 0.5) is 0 Å². The van der Waals surface area contributed by atoms with Crippen molar-refractivity contribution in [3.05, 3.63) is 0 Å². The molecule has 3 fully saturated rings. The lowest BCUT2D eigenvalue weighted by atomic mass is 9.64. The molecular formula is C27H50. The van der Waals surface area contributed by atoms with Crippen LogP contribution in [0.15, 0.2) is 0 Å². The van der Waals surface area contributed by atoms with Crippen molar-refractivity contribution in [1.82, 2.24) is 0 Å². The van der Waals surface area contributed by atoms with Crippen molar-refractivity contribution in [2.45, 2.75) is 118 Å². The lowest BCUT2D eigenvalue weighted by molar-refractivity contribution is 0.0942. The van der Waals surface area contributed by atoms with E-state index in [0.717, 1.165) is 53.3 Å². The molecule has 5 atom stereocenters. The molecule has 0 aromatic heterocycles. The van der Waals surface area contributed by atoms with Gasteiger partial charge >= 0.3 is 0 Å². The second-order valence-electron chi connectivity index (χ2n) is 11.3. The van der Waals surface area contributed by atoms with Crippen molar-refractivity contribution in [2.75, 3.05) is 0 Å². The Hall–Kier alpha value is 0. The van der Waals surface area contributed by atoms with Crippen LogP contribution in [0.3, 0.4) is 0 Å². The van der Waals surface area contributed by atoms with Gasteiger partial charge in [0.05, 0.1) is 0 Å². The topological polar surface area (TPSA) is 0 Å². The molecular weight excluding hydrogens is 324 g/mol. The molecule has 0 nitrogen and oxygen atoms in total. The van der Waals surface area contributed by atoms with Gasteiger partial charge in [-0.3, -0.25) is 0 Å². The summed E-state index contributed by atoms with van der Waals surface area (Å²) in [4.78, 5) is 0. The van der Waals surface area contributed by atoms with Crippen molar-refractivity contribution < 1.29 is 0 Å². The fraction of sp³-hybridized carbons (Fsp3) is 1.00. The zero-order valence-corrected chi connectivity index (χ0v) is 19.4. The van der Waals surface area contributed by atoms with Gasteiger partial charge in [-0.1, -0.05) is 53.9 Å². The molecule has 0 N–H and O–H groups in total. The molecule has 3 rings (SSSR count). The summed E-state index contributed by atoms with van der Waals surface area (Å²) in [6.45, 7) is 12.4. The average molecular weight is 375 g/mol. The summed E-state index contributed by atoms with van der Waals surface area (Å²) in [6.07, 6.45) is 19.8. The normalized spacial score (nSPS) is 41.2. The summed E-state index contributed by atoms with van der Waals surface area (Å²) in [5.74, 6) is 9.26. The highest BCUT2D eigenvalue weighted by molar-refractivity contribution is 4.87. The Labute approximate surface area is 171 Å². The molecule has 3 aliphatic rings. The van der Waals surface area contributed by atoms with E-state index in [-0.39, 0.29) is 0 Å². The minimum absolute atomic E-state index is 0.923. The SMILES string of the molecule is CCC1CCC(C(C)C2CCC(C3CCC(C(C)C(C)CC)CC3)CC2)C1. The Bertz CT molecular complexity index is 410. The largest absolute Gasteiger partial charge is 0.0651 e. The number of hydrogen-bond acceptors (Lipinski definition) is 0. The van der Waals surface area contributed by atoms with E-state index in [0.29, 0.717) is 0 Å². The quantitative estimate of drug-likeness (QED) is 0.418. The summed E-state index contributed by atoms with van der Waals surface area (Å²) >= 11 is 0. The van der Waals surface area contributed by atoms with E-state index in [9.17, 15) is 0 Å². The van der Waals surface area contributed by atoms with Crippen LogP contribution >= 0.6 is 0 Å². The van der Waals surface area contributed by atoms with Gasteiger partial charge in [0.25, 0.3) is 0 Å². The van der Waals surface area contributed by atoms with Crippen LogP contribution in [-0.4, -0.2) is 0 Å². The van der Waals surface area contributed by atoms with Gasteiger partial charge in [-0.15, -0.1) is 0 Å². The van der Waals surface area contributed by atoms with Crippen LogP contribution in [0.25, 0.3) is 0 Å². The molecule has 0 spiro atoms. The van der Waals surface area contributed by atoms with Crippen molar-refractivity contribution >= 4 is 0 Å². The lowest BCUT2D eigenvalue weighted by Crippen LogP contribution is -2.31. The van der Waals surface area contributed by atoms with Gasteiger partial charge in [0.1, 0.15) is 0 Å². The number of rotatable bonds is 7. The molecule has 0 aromatic rings. The predicted molar refractivity (Wildman–Crippen MR) is 120 cm³/mol. The predicted octanol–water partition coefficient (Wildman–Crippen LogP) is 8.74. The van der Waals surface area contributed by atoms with Gasteiger partial charge < -0.3 is 0 Å². The summed E-state index contributed by atoms with van der Waals surface area (Å²) < 4.78 is 0. The maximum atomic E-state index is 2.62. The zero-order chi connectivity index (χ0) is 19.4. The van der Waals surface area contributed by atoms with Gasteiger partial charge in [-0.25, -0.2) is 0 Å². The Morgan fingerprint density at radius 2 is 1.15 bits per heavy atom. The van der Waals surface area contributed by atoms with Gasteiger partial charge in [-0.05, 0) is 117 Å². The molecule has 0 bridgehead atoms. The summed E-state index contributed by atoms with van der Waals surface area (Å²) in [7, 11) is 0. The smallest absolute Gasteiger partial charge is 0.0383 e. The summed E-state index contributed by atoms with van der Waals surface area (Å²) in [5.41, 5.74) is 0. The first-order valence-corrected chi connectivity index (χ1v) is 13.0. The third-order valence-corrected chi connectivity index (χ3v) is 10.2. The van der Waals surface area contributed by atoms with Crippen molar-refractivity contribution in [3.63, 3.8) is 0 Å². The van der Waals surface area contributed by atoms with Crippen molar-refractivity contribution in [2.24, 2.45) is 53.3 Å². The van der Waals surface area contributed by atoms with Crippen LogP contribution < -0.4 is 0 Å². The van der Waals surface area contributed by atoms with Crippen molar-refractivity contribution in [3.8, 4) is 0 Å². The van der Waals surface area contributed by atoms with Crippen LogP contribution in [0.1, 0.15) is 118 Å². The van der Waals surface area contributed by atoms with Crippen LogP contribution in [0.5, 0.6) is 0 Å². The van der Waals surface area contributed by atoms with Crippen LogP contribution in [0, 0.1) is 53.3 Å². The lowest BCUT2D eigenvalue weighted by Gasteiger charge is -2.41. The van der Waals surface area contributed by atoms with Gasteiger partial charge in [0.15, 0.2) is 0 Å². The van der Waals surface area contributed by atoms with E-state index in [1.165, 1.54) is 38.5 Å². The van der Waals surface area contributed by atoms with E-state index in [1.54, 1.807) is 44.9 Å².